The molecule has 0 radical (unpaired) electrons. The third-order valence-electron chi connectivity index (χ3n) is 6.83. The van der Waals surface area contributed by atoms with Gasteiger partial charge in [-0.3, -0.25) is 4.68 Å². The predicted molar refractivity (Wildman–Crippen MR) is 122 cm³/mol. The van der Waals surface area contributed by atoms with Crippen LogP contribution in [0.4, 0.5) is 0 Å². The Labute approximate surface area is 198 Å². The summed E-state index contributed by atoms with van der Waals surface area (Å²) in [5.74, 6) is 0.290. The van der Waals surface area contributed by atoms with E-state index in [1.165, 1.54) is 24.0 Å². The van der Waals surface area contributed by atoms with Crippen LogP contribution in [-0.2, 0) is 15.9 Å². The van der Waals surface area contributed by atoms with Crippen LogP contribution in [0.5, 0.6) is 5.88 Å². The van der Waals surface area contributed by atoms with Gasteiger partial charge >= 0.3 is 0 Å². The largest absolute Gasteiger partial charge is 0.443 e. The number of nitrogens with zero attached hydrogens (tertiary/aromatic N) is 2. The Morgan fingerprint density at radius 3 is 2.53 bits per heavy atom. The fraction of sp³-hybridized carbons (Fsp3) is 0.560. The molecule has 1 unspecified atom stereocenters. The van der Waals surface area contributed by atoms with Crippen LogP contribution in [0.15, 0.2) is 29.8 Å². The highest BCUT2D eigenvalue weighted by atomic mass is 16.7. The molecule has 9 heteroatoms. The molecule has 1 aromatic carbocycles. The molecule has 3 heterocycles. The maximum atomic E-state index is 10.5. The molecule has 1 aliphatic carbocycles. The molecule has 184 valence electrons. The summed E-state index contributed by atoms with van der Waals surface area (Å²) in [5, 5.41) is 44.9. The zero-order valence-corrected chi connectivity index (χ0v) is 19.2. The second-order valence-electron chi connectivity index (χ2n) is 9.37. The maximum Gasteiger partial charge on any atom is 0.239 e. The molecule has 3 aliphatic rings. The van der Waals surface area contributed by atoms with Gasteiger partial charge in [0.2, 0.25) is 12.2 Å². The normalized spacial score (nSPS) is 31.0. The molecule has 34 heavy (non-hydrogen) atoms. The molecule has 5 rings (SSSR count). The van der Waals surface area contributed by atoms with E-state index in [4.69, 9.17) is 14.2 Å². The molecule has 1 aromatic heterocycles. The molecule has 0 amide bonds. The van der Waals surface area contributed by atoms with Gasteiger partial charge in [-0.25, -0.2) is 0 Å². The number of hydrogen-bond acceptors (Lipinski definition) is 8. The van der Waals surface area contributed by atoms with Gasteiger partial charge < -0.3 is 34.6 Å². The standard InChI is InChI=1S/C25H32N2O7/c1-14-19(11-17-6-4-16(5-7-17)10-15-2-3-15)24(26-27(14)18-8-9-32-13-18)34-25-23(31)22(30)21(29)20(12-28)33-25/h4-7,10,18,20-23,25,28-31H,2-3,8-9,11-13H2,1H3/t18?,20-,21-,22+,23-,25+/m1/s1. The smallest absolute Gasteiger partial charge is 0.239 e. The van der Waals surface area contributed by atoms with E-state index in [1.54, 1.807) is 0 Å². The Morgan fingerprint density at radius 1 is 1.12 bits per heavy atom. The van der Waals surface area contributed by atoms with Gasteiger partial charge in [-0.2, -0.15) is 0 Å². The van der Waals surface area contributed by atoms with E-state index in [9.17, 15) is 20.4 Å². The Balaban J connectivity index is 1.42. The van der Waals surface area contributed by atoms with Gasteiger partial charge in [-0.05, 0) is 37.3 Å². The molecule has 2 saturated heterocycles. The predicted octanol–water partition coefficient (Wildman–Crippen LogP) is 1.10. The van der Waals surface area contributed by atoms with E-state index in [0.29, 0.717) is 19.6 Å². The first-order valence-corrected chi connectivity index (χ1v) is 11.9. The molecule has 2 aromatic rings. The average Bonchev–Trinajstić information content (AvgIpc) is 3.38. The summed E-state index contributed by atoms with van der Waals surface area (Å²) in [6, 6.07) is 8.45. The highest BCUT2D eigenvalue weighted by Crippen LogP contribution is 2.33. The van der Waals surface area contributed by atoms with Crippen molar-refractivity contribution in [1.82, 2.24) is 9.78 Å². The van der Waals surface area contributed by atoms with Gasteiger partial charge in [0, 0.05) is 24.3 Å². The van der Waals surface area contributed by atoms with Crippen molar-refractivity contribution in [3.05, 3.63) is 52.2 Å². The molecule has 4 N–H and O–H groups in total. The van der Waals surface area contributed by atoms with Crippen LogP contribution >= 0.6 is 0 Å². The van der Waals surface area contributed by atoms with E-state index < -0.39 is 37.3 Å². The SMILES string of the molecule is Cc1c(Cc2ccc(C=C3CC3)cc2)c(O[C@@H]2O[C@H](CO)[C@@H](O)[C@H](O)[C@H]2O)nn1C1CCOC1. The lowest BCUT2D eigenvalue weighted by Crippen LogP contribution is -2.60. The van der Waals surface area contributed by atoms with Crippen molar-refractivity contribution in [2.75, 3.05) is 19.8 Å². The summed E-state index contributed by atoms with van der Waals surface area (Å²) in [5.41, 5.74) is 5.52. The number of rotatable bonds is 7. The lowest BCUT2D eigenvalue weighted by atomic mass is 9.99. The zero-order valence-electron chi connectivity index (χ0n) is 19.2. The lowest BCUT2D eigenvalue weighted by molar-refractivity contribution is -0.278. The number of allylic oxidation sites excluding steroid dienone is 1. The molecule has 0 spiro atoms. The number of aliphatic hydroxyl groups excluding tert-OH is 4. The van der Waals surface area contributed by atoms with Crippen LogP contribution < -0.4 is 4.74 Å². The summed E-state index contributed by atoms with van der Waals surface area (Å²) < 4.78 is 19.0. The topological polar surface area (TPSA) is 126 Å². The summed E-state index contributed by atoms with van der Waals surface area (Å²) in [6.45, 7) is 2.68. The van der Waals surface area contributed by atoms with E-state index >= 15 is 0 Å². The van der Waals surface area contributed by atoms with Crippen LogP contribution in [0.25, 0.3) is 6.08 Å². The fourth-order valence-corrected chi connectivity index (χ4v) is 4.56. The maximum absolute atomic E-state index is 10.5. The Bertz CT molecular complexity index is 1020. The minimum absolute atomic E-state index is 0.0819. The third-order valence-corrected chi connectivity index (χ3v) is 6.83. The molecule has 3 fully saturated rings. The van der Waals surface area contributed by atoms with E-state index in [1.807, 2.05) is 11.6 Å². The van der Waals surface area contributed by atoms with Crippen LogP contribution in [0.2, 0.25) is 0 Å². The van der Waals surface area contributed by atoms with Crippen molar-refractivity contribution in [1.29, 1.82) is 0 Å². The molecule has 6 atom stereocenters. The van der Waals surface area contributed by atoms with E-state index in [0.717, 1.165) is 23.2 Å². The van der Waals surface area contributed by atoms with Crippen molar-refractivity contribution in [2.45, 2.75) is 69.4 Å². The van der Waals surface area contributed by atoms with E-state index in [-0.39, 0.29) is 11.9 Å². The summed E-state index contributed by atoms with van der Waals surface area (Å²) in [6.07, 6.45) is -0.809. The quantitative estimate of drug-likeness (QED) is 0.472. The molecule has 1 saturated carbocycles. The Morgan fingerprint density at radius 2 is 1.88 bits per heavy atom. The minimum atomic E-state index is -1.51. The van der Waals surface area contributed by atoms with Crippen molar-refractivity contribution in [3.63, 3.8) is 0 Å². The van der Waals surface area contributed by atoms with Gasteiger partial charge in [0.25, 0.3) is 0 Å². The second-order valence-corrected chi connectivity index (χ2v) is 9.37. The Kier molecular flexibility index (Phi) is 6.74. The van der Waals surface area contributed by atoms with Crippen molar-refractivity contribution in [2.24, 2.45) is 0 Å². The summed E-state index contributed by atoms with van der Waals surface area (Å²) >= 11 is 0. The minimum Gasteiger partial charge on any atom is -0.443 e. The first-order chi connectivity index (χ1) is 16.4. The number of ether oxygens (including phenoxy) is 3. The number of benzene rings is 1. The Hall–Kier alpha value is -2.27. The highest BCUT2D eigenvalue weighted by molar-refractivity contribution is 5.56. The average molecular weight is 473 g/mol. The van der Waals surface area contributed by atoms with Gasteiger partial charge in [0.05, 0.1) is 19.3 Å². The van der Waals surface area contributed by atoms with Crippen molar-refractivity contribution < 1.29 is 34.6 Å². The molecule has 2 aliphatic heterocycles. The van der Waals surface area contributed by atoms with Crippen LogP contribution in [-0.4, -0.2) is 80.7 Å². The van der Waals surface area contributed by atoms with Gasteiger partial charge in [0.15, 0.2) is 0 Å². The molecule has 0 bridgehead atoms. The third kappa shape index (κ3) is 4.77. The molecular weight excluding hydrogens is 440 g/mol. The van der Waals surface area contributed by atoms with Gasteiger partial charge in [-0.15, -0.1) is 5.10 Å². The number of aromatic nitrogens is 2. The molecule has 9 nitrogen and oxygen atoms in total. The molecular formula is C25H32N2O7. The first-order valence-electron chi connectivity index (χ1n) is 11.9. The van der Waals surface area contributed by atoms with Crippen molar-refractivity contribution >= 4 is 6.08 Å². The highest BCUT2D eigenvalue weighted by Gasteiger charge is 2.45. The van der Waals surface area contributed by atoms with E-state index in [2.05, 4.69) is 35.4 Å². The van der Waals surface area contributed by atoms with Crippen molar-refractivity contribution in [3.8, 4) is 5.88 Å². The van der Waals surface area contributed by atoms with Crippen LogP contribution in [0, 0.1) is 6.92 Å². The van der Waals surface area contributed by atoms with Crippen LogP contribution in [0.1, 0.15) is 47.7 Å². The summed E-state index contributed by atoms with van der Waals surface area (Å²) in [7, 11) is 0. The van der Waals surface area contributed by atoms with Crippen LogP contribution in [0.3, 0.4) is 0 Å². The first kappa shape index (κ1) is 23.5. The fourth-order valence-electron chi connectivity index (χ4n) is 4.56. The number of hydrogen-bond donors (Lipinski definition) is 4. The lowest BCUT2D eigenvalue weighted by Gasteiger charge is -2.39. The second kappa shape index (κ2) is 9.77. The number of aliphatic hydroxyl groups is 4. The van der Waals surface area contributed by atoms with Gasteiger partial charge in [-0.1, -0.05) is 35.9 Å². The summed E-state index contributed by atoms with van der Waals surface area (Å²) in [4.78, 5) is 0. The zero-order chi connectivity index (χ0) is 23.8. The monoisotopic (exact) mass is 472 g/mol. The van der Waals surface area contributed by atoms with Gasteiger partial charge in [0.1, 0.15) is 24.4 Å².